The quantitative estimate of drug-likeness (QED) is 0.817. The van der Waals surface area contributed by atoms with Gasteiger partial charge in [0, 0.05) is 11.7 Å². The van der Waals surface area contributed by atoms with E-state index in [1.54, 1.807) is 6.07 Å². The molecule has 20 heavy (non-hydrogen) atoms. The highest BCUT2D eigenvalue weighted by Gasteiger charge is 2.20. The van der Waals surface area contributed by atoms with E-state index in [-0.39, 0.29) is 5.97 Å². The summed E-state index contributed by atoms with van der Waals surface area (Å²) in [6.07, 6.45) is 6.38. The van der Waals surface area contributed by atoms with E-state index in [1.807, 2.05) is 25.1 Å². The molecule has 0 aromatic heterocycles. The Morgan fingerprint density at radius 3 is 2.95 bits per heavy atom. The molecule has 1 N–H and O–H groups in total. The first kappa shape index (κ1) is 14.9. The summed E-state index contributed by atoms with van der Waals surface area (Å²) in [5.74, 6) is 0.598. The molecule has 3 nitrogen and oxygen atoms in total. The second kappa shape index (κ2) is 7.32. The molecule has 110 valence electrons. The van der Waals surface area contributed by atoms with Crippen molar-refractivity contribution in [1.29, 1.82) is 0 Å². The molecular weight excluding hydrogens is 250 g/mol. The number of anilines is 1. The van der Waals surface area contributed by atoms with E-state index in [1.165, 1.54) is 32.1 Å². The Kier molecular flexibility index (Phi) is 5.45. The average molecular weight is 275 g/mol. The summed E-state index contributed by atoms with van der Waals surface area (Å²) in [5, 5.41) is 3.57. The van der Waals surface area contributed by atoms with Crippen LogP contribution in [0.25, 0.3) is 0 Å². The summed E-state index contributed by atoms with van der Waals surface area (Å²) < 4.78 is 5.04. The first-order valence-corrected chi connectivity index (χ1v) is 7.76. The predicted octanol–water partition coefficient (Wildman–Crippen LogP) is 4.24. The molecule has 1 fully saturated rings. The van der Waals surface area contributed by atoms with Crippen LogP contribution in [0.5, 0.6) is 0 Å². The van der Waals surface area contributed by atoms with Crippen molar-refractivity contribution in [2.45, 2.75) is 52.0 Å². The van der Waals surface area contributed by atoms with Gasteiger partial charge < -0.3 is 10.1 Å². The Bertz CT molecular complexity index is 444. The molecule has 0 aliphatic heterocycles. The monoisotopic (exact) mass is 275 g/mol. The maximum absolute atomic E-state index is 11.7. The molecule has 0 amide bonds. The van der Waals surface area contributed by atoms with Crippen molar-refractivity contribution >= 4 is 11.7 Å². The van der Waals surface area contributed by atoms with Crippen molar-refractivity contribution in [3.05, 3.63) is 29.8 Å². The second-order valence-corrected chi connectivity index (χ2v) is 5.58. The fourth-order valence-electron chi connectivity index (χ4n) is 2.98. The van der Waals surface area contributed by atoms with Crippen LogP contribution < -0.4 is 5.32 Å². The molecule has 0 spiro atoms. The topological polar surface area (TPSA) is 38.3 Å². The van der Waals surface area contributed by atoms with Gasteiger partial charge in [0.15, 0.2) is 0 Å². The molecule has 2 unspecified atom stereocenters. The zero-order valence-corrected chi connectivity index (χ0v) is 12.5. The number of ether oxygens (including phenoxy) is 1. The molecule has 0 bridgehead atoms. The molecule has 2 rings (SSSR count). The number of benzene rings is 1. The van der Waals surface area contributed by atoms with Crippen molar-refractivity contribution in [3.8, 4) is 0 Å². The Hall–Kier alpha value is -1.51. The van der Waals surface area contributed by atoms with Crippen molar-refractivity contribution < 1.29 is 9.53 Å². The van der Waals surface area contributed by atoms with Crippen molar-refractivity contribution in [1.82, 2.24) is 0 Å². The minimum Gasteiger partial charge on any atom is -0.462 e. The van der Waals surface area contributed by atoms with Gasteiger partial charge in [0.1, 0.15) is 0 Å². The number of nitrogens with one attached hydrogen (secondary N) is 1. The Labute approximate surface area is 121 Å². The van der Waals surface area contributed by atoms with E-state index in [0.29, 0.717) is 18.2 Å². The van der Waals surface area contributed by atoms with Gasteiger partial charge in [0.25, 0.3) is 0 Å². The summed E-state index contributed by atoms with van der Waals surface area (Å²) in [6.45, 7) is 4.51. The van der Waals surface area contributed by atoms with Crippen LogP contribution >= 0.6 is 0 Å². The first-order valence-electron chi connectivity index (χ1n) is 7.76. The molecule has 1 saturated carbocycles. The number of rotatable bonds is 5. The smallest absolute Gasteiger partial charge is 0.338 e. The van der Waals surface area contributed by atoms with E-state index in [9.17, 15) is 4.79 Å². The lowest BCUT2D eigenvalue weighted by Gasteiger charge is -2.29. The van der Waals surface area contributed by atoms with E-state index >= 15 is 0 Å². The molecule has 0 radical (unpaired) electrons. The molecule has 2 atom stereocenters. The van der Waals surface area contributed by atoms with Gasteiger partial charge in [-0.25, -0.2) is 4.79 Å². The zero-order chi connectivity index (χ0) is 14.4. The molecule has 1 aromatic rings. The van der Waals surface area contributed by atoms with Crippen LogP contribution in [0.2, 0.25) is 0 Å². The first-order chi connectivity index (χ1) is 9.72. The lowest BCUT2D eigenvalue weighted by atomic mass is 9.84. The predicted molar refractivity (Wildman–Crippen MR) is 82.1 cm³/mol. The number of hydrogen-bond acceptors (Lipinski definition) is 3. The van der Waals surface area contributed by atoms with Crippen molar-refractivity contribution in [3.63, 3.8) is 0 Å². The zero-order valence-electron chi connectivity index (χ0n) is 12.5. The van der Waals surface area contributed by atoms with E-state index in [0.717, 1.165) is 11.6 Å². The molecule has 0 saturated heterocycles. The maximum Gasteiger partial charge on any atom is 0.338 e. The van der Waals surface area contributed by atoms with Crippen LogP contribution in [-0.4, -0.2) is 18.6 Å². The number of carbonyl (C=O) groups excluding carboxylic acids is 1. The SMILES string of the molecule is CCOC(=O)c1cccc(NC2CCCC(CC)C2)c1. The van der Waals surface area contributed by atoms with Crippen LogP contribution in [0.4, 0.5) is 5.69 Å². The molecule has 1 aromatic carbocycles. The van der Waals surface area contributed by atoms with Crippen LogP contribution in [0.15, 0.2) is 24.3 Å². The fourth-order valence-corrected chi connectivity index (χ4v) is 2.98. The van der Waals surface area contributed by atoms with Gasteiger partial charge in [-0.3, -0.25) is 0 Å². The average Bonchev–Trinajstić information content (AvgIpc) is 2.48. The second-order valence-electron chi connectivity index (χ2n) is 5.58. The third-order valence-electron chi connectivity index (χ3n) is 4.10. The molecule has 3 heteroatoms. The summed E-state index contributed by atoms with van der Waals surface area (Å²) in [7, 11) is 0. The highest BCUT2D eigenvalue weighted by Crippen LogP contribution is 2.28. The Morgan fingerprint density at radius 2 is 2.20 bits per heavy atom. The third kappa shape index (κ3) is 3.99. The third-order valence-corrected chi connectivity index (χ3v) is 4.10. The minimum atomic E-state index is -0.244. The summed E-state index contributed by atoms with van der Waals surface area (Å²) in [6, 6.07) is 8.17. The summed E-state index contributed by atoms with van der Waals surface area (Å²) >= 11 is 0. The van der Waals surface area contributed by atoms with Gasteiger partial charge in [0.05, 0.1) is 12.2 Å². The van der Waals surface area contributed by atoms with Gasteiger partial charge in [-0.05, 0) is 43.9 Å². The van der Waals surface area contributed by atoms with Gasteiger partial charge in [-0.15, -0.1) is 0 Å². The normalized spacial score (nSPS) is 22.3. The van der Waals surface area contributed by atoms with Gasteiger partial charge in [0.2, 0.25) is 0 Å². The number of carbonyl (C=O) groups is 1. The number of esters is 1. The Balaban J connectivity index is 1.98. The van der Waals surface area contributed by atoms with Crippen molar-refractivity contribution in [2.24, 2.45) is 5.92 Å². The van der Waals surface area contributed by atoms with E-state index < -0.39 is 0 Å². The lowest BCUT2D eigenvalue weighted by Crippen LogP contribution is -2.27. The highest BCUT2D eigenvalue weighted by atomic mass is 16.5. The van der Waals surface area contributed by atoms with Crippen LogP contribution in [0.1, 0.15) is 56.3 Å². The van der Waals surface area contributed by atoms with E-state index in [4.69, 9.17) is 4.74 Å². The standard InChI is InChI=1S/C17H25NO2/c1-3-13-7-5-9-15(11-13)18-16-10-6-8-14(12-16)17(19)20-4-2/h6,8,10,12-13,15,18H,3-5,7,9,11H2,1-2H3. The van der Waals surface area contributed by atoms with Crippen molar-refractivity contribution in [2.75, 3.05) is 11.9 Å². The van der Waals surface area contributed by atoms with Crippen LogP contribution in [0.3, 0.4) is 0 Å². The molecular formula is C17H25NO2. The minimum absolute atomic E-state index is 0.244. The largest absolute Gasteiger partial charge is 0.462 e. The molecule has 0 heterocycles. The fraction of sp³-hybridized carbons (Fsp3) is 0.588. The van der Waals surface area contributed by atoms with Gasteiger partial charge in [-0.1, -0.05) is 32.3 Å². The highest BCUT2D eigenvalue weighted by molar-refractivity contribution is 5.90. The Morgan fingerprint density at radius 1 is 1.35 bits per heavy atom. The van der Waals surface area contributed by atoms with E-state index in [2.05, 4.69) is 12.2 Å². The number of hydrogen-bond donors (Lipinski definition) is 1. The maximum atomic E-state index is 11.7. The summed E-state index contributed by atoms with van der Waals surface area (Å²) in [4.78, 5) is 11.7. The lowest BCUT2D eigenvalue weighted by molar-refractivity contribution is 0.0526. The van der Waals surface area contributed by atoms with Gasteiger partial charge in [-0.2, -0.15) is 0 Å². The van der Waals surface area contributed by atoms with Crippen LogP contribution in [-0.2, 0) is 4.74 Å². The molecule has 1 aliphatic carbocycles. The molecule has 1 aliphatic rings. The van der Waals surface area contributed by atoms with Gasteiger partial charge >= 0.3 is 5.97 Å². The summed E-state index contributed by atoms with van der Waals surface area (Å²) in [5.41, 5.74) is 1.65. The van der Waals surface area contributed by atoms with Crippen LogP contribution in [0, 0.1) is 5.92 Å².